The van der Waals surface area contributed by atoms with Gasteiger partial charge >= 0.3 is 6.18 Å². The van der Waals surface area contributed by atoms with Crippen LogP contribution in [-0.4, -0.2) is 17.2 Å². The van der Waals surface area contributed by atoms with Gasteiger partial charge in [-0.3, -0.25) is 4.98 Å². The van der Waals surface area contributed by atoms with E-state index in [9.17, 15) is 13.2 Å². The molecule has 1 atom stereocenters. The number of aliphatic imine (C=N–C) groups is 1. The minimum absolute atomic E-state index is 0. The molecule has 1 unspecified atom stereocenters. The Bertz CT molecular complexity index is 906. The third-order valence-electron chi connectivity index (χ3n) is 5.59. The summed E-state index contributed by atoms with van der Waals surface area (Å²) < 4.78 is 37.9. The Morgan fingerprint density at radius 1 is 1.06 bits per heavy atom. The predicted molar refractivity (Wildman–Crippen MR) is 137 cm³/mol. The number of nitrogens with two attached hydrogens (primary N) is 1. The van der Waals surface area contributed by atoms with Crippen LogP contribution >= 0.6 is 0 Å². The van der Waals surface area contributed by atoms with Gasteiger partial charge in [-0.25, -0.2) is 0 Å². The number of fused-ring (bicyclic) bond motifs is 1. The molecular formula is C28H39F3N3U-. The molecule has 0 saturated carbocycles. The molecule has 1 aliphatic heterocycles. The summed E-state index contributed by atoms with van der Waals surface area (Å²) in [4.78, 5) is 8.43. The van der Waals surface area contributed by atoms with E-state index >= 15 is 0 Å². The molecule has 0 spiro atoms. The van der Waals surface area contributed by atoms with E-state index in [-0.39, 0.29) is 31.1 Å². The number of hydrogen-bond acceptors (Lipinski definition) is 3. The Morgan fingerprint density at radius 3 is 2.34 bits per heavy atom. The number of rotatable bonds is 7. The van der Waals surface area contributed by atoms with Gasteiger partial charge in [0.1, 0.15) is 0 Å². The summed E-state index contributed by atoms with van der Waals surface area (Å²) in [5.74, 6) is 0.955. The van der Waals surface area contributed by atoms with Crippen LogP contribution in [0.25, 0.3) is 5.70 Å². The first-order valence-electron chi connectivity index (χ1n) is 12.3. The van der Waals surface area contributed by atoms with Crippen LogP contribution < -0.4 is 5.73 Å². The van der Waals surface area contributed by atoms with Gasteiger partial charge in [0, 0.05) is 61.3 Å². The van der Waals surface area contributed by atoms with Crippen LogP contribution in [0.4, 0.5) is 13.2 Å². The Hall–Kier alpha value is -1.58. The maximum atomic E-state index is 12.6. The second-order valence-electron chi connectivity index (χ2n) is 8.12. The van der Waals surface area contributed by atoms with Crippen LogP contribution in [0.15, 0.2) is 47.7 Å². The third kappa shape index (κ3) is 11.3. The second-order valence-corrected chi connectivity index (χ2v) is 8.12. The maximum absolute atomic E-state index is 12.6. The quantitative estimate of drug-likeness (QED) is 0.233. The van der Waals surface area contributed by atoms with E-state index < -0.39 is 11.7 Å². The first kappa shape index (κ1) is 33.4. The fraction of sp³-hybridized carbons (Fsp3) is 0.500. The molecule has 1 aromatic heterocycles. The van der Waals surface area contributed by atoms with Crippen molar-refractivity contribution in [3.63, 3.8) is 0 Å². The van der Waals surface area contributed by atoms with Gasteiger partial charge in [-0.1, -0.05) is 73.1 Å². The van der Waals surface area contributed by atoms with Crippen molar-refractivity contribution in [2.24, 2.45) is 16.6 Å². The summed E-state index contributed by atoms with van der Waals surface area (Å²) in [5.41, 5.74) is 8.26. The fourth-order valence-corrected chi connectivity index (χ4v) is 3.36. The van der Waals surface area contributed by atoms with E-state index in [4.69, 9.17) is 5.73 Å². The average Bonchev–Trinajstić information content (AvgIpc) is 3.02. The summed E-state index contributed by atoms with van der Waals surface area (Å²) in [6.07, 6.45) is 9.05. The molecule has 3 rings (SSSR count). The Labute approximate surface area is 233 Å². The molecule has 1 aliphatic rings. The number of unbranched alkanes of at least 4 members (excludes halogenated alkanes) is 3. The summed E-state index contributed by atoms with van der Waals surface area (Å²) in [7, 11) is 0. The second kappa shape index (κ2) is 17.8. The molecule has 2 heterocycles. The van der Waals surface area contributed by atoms with Crippen molar-refractivity contribution < 1.29 is 44.3 Å². The number of benzene rings is 1. The predicted octanol–water partition coefficient (Wildman–Crippen LogP) is 8.08. The van der Waals surface area contributed by atoms with Crippen molar-refractivity contribution in [3.8, 4) is 0 Å². The SMILES string of the molecule is CC.CCCCCCC(C)CC.NC1=CCN=C(c2[c-]cc(C(F)(F)F)cc2)c2ccncc21.[U]. The largest absolute Gasteiger partial charge is 0.398 e. The number of alkyl halides is 3. The van der Waals surface area contributed by atoms with Crippen LogP contribution in [0, 0.1) is 43.1 Å². The van der Waals surface area contributed by atoms with Crippen molar-refractivity contribution in [1.29, 1.82) is 0 Å². The zero-order valence-electron chi connectivity index (χ0n) is 21.7. The summed E-state index contributed by atoms with van der Waals surface area (Å²) >= 11 is 0. The molecule has 7 heteroatoms. The maximum Gasteiger partial charge on any atom is 0.381 e. The van der Waals surface area contributed by atoms with Gasteiger partial charge in [0.05, 0.1) is 0 Å². The molecule has 0 radical (unpaired) electrons. The van der Waals surface area contributed by atoms with Gasteiger partial charge in [-0.2, -0.15) is 13.2 Å². The number of pyridine rings is 1. The van der Waals surface area contributed by atoms with E-state index in [1.807, 2.05) is 13.8 Å². The first-order valence-corrected chi connectivity index (χ1v) is 12.3. The van der Waals surface area contributed by atoms with E-state index in [0.29, 0.717) is 29.1 Å². The van der Waals surface area contributed by atoms with E-state index in [1.54, 1.807) is 24.5 Å². The summed E-state index contributed by atoms with van der Waals surface area (Å²) in [5, 5.41) is 0. The molecule has 3 nitrogen and oxygen atoms in total. The fourth-order valence-electron chi connectivity index (χ4n) is 3.36. The topological polar surface area (TPSA) is 51.3 Å². The molecule has 2 aromatic rings. The zero-order chi connectivity index (χ0) is 25.6. The molecule has 0 saturated heterocycles. The number of halogens is 3. The van der Waals surface area contributed by atoms with Crippen LogP contribution in [0.3, 0.4) is 0 Å². The van der Waals surface area contributed by atoms with E-state index in [0.717, 1.165) is 23.6 Å². The molecule has 0 bridgehead atoms. The van der Waals surface area contributed by atoms with Gasteiger partial charge in [0.2, 0.25) is 0 Å². The Kier molecular flexibility index (Phi) is 17.0. The molecule has 0 aliphatic carbocycles. The molecule has 35 heavy (non-hydrogen) atoms. The molecule has 2 N–H and O–H groups in total. The average molecular weight is 713 g/mol. The third-order valence-corrected chi connectivity index (χ3v) is 5.59. The Balaban J connectivity index is 0.000000760. The van der Waals surface area contributed by atoms with Crippen molar-refractivity contribution in [1.82, 2.24) is 4.98 Å². The monoisotopic (exact) mass is 712 g/mol. The van der Waals surface area contributed by atoms with Crippen molar-refractivity contribution in [2.45, 2.75) is 79.3 Å². The molecular weight excluding hydrogens is 673 g/mol. The Morgan fingerprint density at radius 2 is 1.77 bits per heavy atom. The van der Waals surface area contributed by atoms with E-state index in [2.05, 4.69) is 36.8 Å². The molecule has 0 fully saturated rings. The standard InChI is InChI=1S/C16H11F3N3.C10H22.C2H6.U/c17-16(18,19)11-3-1-10(2-4-11)15-12-5-7-21-9-13(12)14(20)6-8-22-15;1-4-6-7-8-9-10(3)5-2;1-2;/h1,3-7,9H,8,20H2;10H,4-9H2,1-3H3;1-2H3;/q-1;;;. The normalized spacial score (nSPS) is 13.3. The van der Waals surface area contributed by atoms with Crippen LogP contribution in [0.1, 0.15) is 95.4 Å². The van der Waals surface area contributed by atoms with Crippen LogP contribution in [-0.2, 0) is 6.18 Å². The zero-order valence-corrected chi connectivity index (χ0v) is 25.8. The van der Waals surface area contributed by atoms with Gasteiger partial charge in [0.25, 0.3) is 0 Å². The summed E-state index contributed by atoms with van der Waals surface area (Å²) in [6.45, 7) is 11.3. The number of hydrogen-bond donors (Lipinski definition) is 1. The van der Waals surface area contributed by atoms with E-state index in [1.165, 1.54) is 44.6 Å². The van der Waals surface area contributed by atoms with Gasteiger partial charge in [0.15, 0.2) is 0 Å². The molecule has 0 amide bonds. The molecule has 1 aromatic carbocycles. The van der Waals surface area contributed by atoms with Crippen molar-refractivity contribution >= 4 is 11.4 Å². The minimum Gasteiger partial charge on any atom is -0.398 e. The van der Waals surface area contributed by atoms with Crippen LogP contribution in [0.5, 0.6) is 0 Å². The smallest absolute Gasteiger partial charge is 0.381 e. The van der Waals surface area contributed by atoms with Gasteiger partial charge < -0.3 is 10.7 Å². The number of nitrogens with zero attached hydrogens (tertiary/aromatic N) is 2. The van der Waals surface area contributed by atoms with Gasteiger partial charge in [-0.15, -0.1) is 29.8 Å². The first-order chi connectivity index (χ1) is 16.3. The molecule has 192 valence electrons. The summed E-state index contributed by atoms with van der Waals surface area (Å²) in [6, 6.07) is 7.73. The van der Waals surface area contributed by atoms with Crippen LogP contribution in [0.2, 0.25) is 0 Å². The van der Waals surface area contributed by atoms with Crippen molar-refractivity contribution in [3.05, 3.63) is 71.1 Å². The van der Waals surface area contributed by atoms with Crippen molar-refractivity contribution in [2.75, 3.05) is 6.54 Å². The minimum atomic E-state index is -4.38. The number of aromatic nitrogens is 1. The van der Waals surface area contributed by atoms with Gasteiger partial charge in [-0.05, 0) is 34.9 Å².